The maximum Gasteiger partial charge on any atom is 0.122 e. The molecule has 0 amide bonds. The van der Waals surface area contributed by atoms with Crippen molar-refractivity contribution >= 4 is 5.84 Å². The van der Waals surface area contributed by atoms with Crippen molar-refractivity contribution in [1.82, 2.24) is 0 Å². The van der Waals surface area contributed by atoms with Crippen molar-refractivity contribution in [2.45, 2.75) is 59.3 Å². The topological polar surface area (TPSA) is 59.1 Å². The van der Waals surface area contributed by atoms with E-state index in [-0.39, 0.29) is 11.3 Å². The number of hydrogen-bond donors (Lipinski definition) is 2. The molecule has 0 aliphatic heterocycles. The zero-order valence-electron chi connectivity index (χ0n) is 13.9. The van der Waals surface area contributed by atoms with Crippen molar-refractivity contribution in [2.75, 3.05) is 6.61 Å². The molecule has 1 atom stereocenters. The molecule has 3 nitrogen and oxygen atoms in total. The normalized spacial score (nSPS) is 13.0. The highest BCUT2D eigenvalue weighted by molar-refractivity contribution is 5.82. The third-order valence-corrected chi connectivity index (χ3v) is 4.25. The third kappa shape index (κ3) is 5.41. The maximum absolute atomic E-state index is 7.56. The number of nitrogens with two attached hydrogens (primary N) is 1. The van der Waals surface area contributed by atoms with Gasteiger partial charge >= 0.3 is 0 Å². The van der Waals surface area contributed by atoms with Crippen LogP contribution in [0, 0.1) is 10.8 Å². The van der Waals surface area contributed by atoms with Gasteiger partial charge in [0, 0.05) is 5.41 Å². The van der Waals surface area contributed by atoms with Gasteiger partial charge in [-0.15, -0.1) is 0 Å². The lowest BCUT2D eigenvalue weighted by Crippen LogP contribution is -2.30. The molecule has 0 aliphatic carbocycles. The molecule has 0 bridgehead atoms. The van der Waals surface area contributed by atoms with Crippen molar-refractivity contribution in [3.05, 3.63) is 29.8 Å². The van der Waals surface area contributed by atoms with Gasteiger partial charge < -0.3 is 10.5 Å². The van der Waals surface area contributed by atoms with Gasteiger partial charge in [-0.05, 0) is 43.2 Å². The van der Waals surface area contributed by atoms with Gasteiger partial charge in [0.15, 0.2) is 0 Å². The number of hydrogen-bond acceptors (Lipinski definition) is 2. The molecule has 0 fully saturated rings. The van der Waals surface area contributed by atoms with Crippen LogP contribution in [0.2, 0.25) is 0 Å². The minimum absolute atomic E-state index is 0.200. The number of ether oxygens (including phenoxy) is 1. The molecule has 0 aliphatic rings. The number of rotatable bonds is 9. The summed E-state index contributed by atoms with van der Waals surface area (Å²) in [7, 11) is 0. The Labute approximate surface area is 129 Å². The van der Waals surface area contributed by atoms with Crippen molar-refractivity contribution in [2.24, 2.45) is 11.1 Å². The lowest BCUT2D eigenvalue weighted by atomic mass is 9.86. The summed E-state index contributed by atoms with van der Waals surface area (Å²) in [5.74, 6) is 1.81. The van der Waals surface area contributed by atoms with E-state index in [1.807, 2.05) is 19.9 Å². The summed E-state index contributed by atoms with van der Waals surface area (Å²) in [4.78, 5) is 0. The van der Waals surface area contributed by atoms with Gasteiger partial charge in [-0.2, -0.15) is 0 Å². The lowest BCUT2D eigenvalue weighted by Gasteiger charge is -2.22. The zero-order chi connectivity index (χ0) is 15.9. The first kappa shape index (κ1) is 17.5. The molecule has 0 aromatic heterocycles. The first-order valence-corrected chi connectivity index (χ1v) is 7.94. The fourth-order valence-electron chi connectivity index (χ4n) is 2.22. The Hall–Kier alpha value is -1.51. The first-order chi connectivity index (χ1) is 9.88. The first-order valence-electron chi connectivity index (χ1n) is 7.94. The fraction of sp³-hybridized carbons (Fsp3) is 0.611. The number of nitrogens with one attached hydrogen (secondary N) is 1. The number of unbranched alkanes of at least 4 members (excludes halogenated alkanes) is 1. The van der Waals surface area contributed by atoms with E-state index in [9.17, 15) is 0 Å². The summed E-state index contributed by atoms with van der Waals surface area (Å²) in [5, 5.41) is 7.56. The Morgan fingerprint density at radius 2 is 1.95 bits per heavy atom. The minimum atomic E-state index is -0.200. The van der Waals surface area contributed by atoms with Crippen LogP contribution in [-0.4, -0.2) is 12.4 Å². The second-order valence-corrected chi connectivity index (χ2v) is 6.45. The van der Waals surface area contributed by atoms with Crippen molar-refractivity contribution in [3.63, 3.8) is 0 Å². The van der Waals surface area contributed by atoms with Gasteiger partial charge in [-0.1, -0.05) is 45.9 Å². The highest BCUT2D eigenvalue weighted by atomic mass is 16.5. The molecular weight excluding hydrogens is 260 g/mol. The number of amidine groups is 1. The smallest absolute Gasteiger partial charge is 0.122 e. The van der Waals surface area contributed by atoms with Crippen molar-refractivity contribution in [3.8, 4) is 5.75 Å². The van der Waals surface area contributed by atoms with Gasteiger partial charge in [-0.25, -0.2) is 0 Å². The summed E-state index contributed by atoms with van der Waals surface area (Å²) in [6.07, 6.45) is 4.06. The van der Waals surface area contributed by atoms with Crippen molar-refractivity contribution < 1.29 is 4.74 Å². The molecule has 3 N–H and O–H groups in total. The standard InChI is InChI=1S/C18H30N2O/c1-5-14(2)15-10-6-7-11-16(15)21-13-9-8-12-18(3,4)17(19)20/h6-7,10-11,14H,5,8-9,12-13H2,1-4H3,(H3,19,20). The van der Waals surface area contributed by atoms with Crippen LogP contribution in [0.5, 0.6) is 5.75 Å². The summed E-state index contributed by atoms with van der Waals surface area (Å²) < 4.78 is 5.95. The lowest BCUT2D eigenvalue weighted by molar-refractivity contribution is 0.292. The van der Waals surface area contributed by atoms with Crippen LogP contribution >= 0.6 is 0 Å². The van der Waals surface area contributed by atoms with Crippen LogP contribution < -0.4 is 10.5 Å². The monoisotopic (exact) mass is 290 g/mol. The van der Waals surface area contributed by atoms with Crippen LogP contribution in [0.15, 0.2) is 24.3 Å². The highest BCUT2D eigenvalue weighted by Crippen LogP contribution is 2.29. The van der Waals surface area contributed by atoms with E-state index in [1.54, 1.807) is 0 Å². The second kappa shape index (κ2) is 8.06. The Kier molecular flexibility index (Phi) is 6.73. The van der Waals surface area contributed by atoms with E-state index in [0.29, 0.717) is 5.92 Å². The molecule has 0 radical (unpaired) electrons. The van der Waals surface area contributed by atoms with Crippen LogP contribution in [0.1, 0.15) is 64.9 Å². The molecular formula is C18H30N2O. The van der Waals surface area contributed by atoms with E-state index in [0.717, 1.165) is 38.0 Å². The van der Waals surface area contributed by atoms with Gasteiger partial charge in [0.05, 0.1) is 12.4 Å². The van der Waals surface area contributed by atoms with Crippen LogP contribution in [0.4, 0.5) is 0 Å². The quantitative estimate of drug-likeness (QED) is 0.393. The highest BCUT2D eigenvalue weighted by Gasteiger charge is 2.20. The zero-order valence-corrected chi connectivity index (χ0v) is 13.9. The van der Waals surface area contributed by atoms with Crippen LogP contribution in [-0.2, 0) is 0 Å². The van der Waals surface area contributed by atoms with E-state index >= 15 is 0 Å². The molecule has 1 rings (SSSR count). The molecule has 0 saturated heterocycles. The Bertz CT molecular complexity index is 454. The van der Waals surface area contributed by atoms with E-state index in [4.69, 9.17) is 15.9 Å². The molecule has 0 heterocycles. The molecule has 1 aromatic carbocycles. The molecule has 0 saturated carbocycles. The van der Waals surface area contributed by atoms with E-state index in [1.165, 1.54) is 5.56 Å². The molecule has 0 spiro atoms. The molecule has 1 unspecified atom stereocenters. The molecule has 118 valence electrons. The molecule has 21 heavy (non-hydrogen) atoms. The number of benzene rings is 1. The predicted octanol–water partition coefficient (Wildman–Crippen LogP) is 4.71. The van der Waals surface area contributed by atoms with Crippen LogP contribution in [0.3, 0.4) is 0 Å². The minimum Gasteiger partial charge on any atom is -0.493 e. The SMILES string of the molecule is CCC(C)c1ccccc1OCCCCC(C)(C)C(=N)N. The Morgan fingerprint density at radius 3 is 2.57 bits per heavy atom. The summed E-state index contributed by atoms with van der Waals surface area (Å²) in [5.41, 5.74) is 6.69. The van der Waals surface area contributed by atoms with Gasteiger partial charge in [0.25, 0.3) is 0 Å². The van der Waals surface area contributed by atoms with Gasteiger partial charge in [0.1, 0.15) is 5.75 Å². The van der Waals surface area contributed by atoms with Gasteiger partial charge in [-0.3, -0.25) is 5.41 Å². The number of para-hydroxylation sites is 1. The summed E-state index contributed by atoms with van der Waals surface area (Å²) >= 11 is 0. The molecule has 1 aromatic rings. The fourth-order valence-corrected chi connectivity index (χ4v) is 2.22. The van der Waals surface area contributed by atoms with Crippen LogP contribution in [0.25, 0.3) is 0 Å². The summed E-state index contributed by atoms with van der Waals surface area (Å²) in [6, 6.07) is 8.31. The predicted molar refractivity (Wildman–Crippen MR) is 90.2 cm³/mol. The van der Waals surface area contributed by atoms with Gasteiger partial charge in [0.2, 0.25) is 0 Å². The Balaban J connectivity index is 2.42. The Morgan fingerprint density at radius 1 is 1.29 bits per heavy atom. The molecule has 3 heteroatoms. The average molecular weight is 290 g/mol. The van der Waals surface area contributed by atoms with Crippen molar-refractivity contribution in [1.29, 1.82) is 5.41 Å². The van der Waals surface area contributed by atoms with E-state index in [2.05, 4.69) is 32.0 Å². The average Bonchev–Trinajstić information content (AvgIpc) is 2.46. The third-order valence-electron chi connectivity index (χ3n) is 4.25. The van der Waals surface area contributed by atoms with E-state index < -0.39 is 0 Å². The summed E-state index contributed by atoms with van der Waals surface area (Å²) in [6.45, 7) is 9.20. The second-order valence-electron chi connectivity index (χ2n) is 6.45. The maximum atomic E-state index is 7.56. The largest absolute Gasteiger partial charge is 0.493 e.